The Balaban J connectivity index is 1.99. The van der Waals surface area contributed by atoms with Gasteiger partial charge in [0.05, 0.1) is 6.26 Å². The number of likely N-dealkylation sites (N-methyl/N-ethyl adjacent to an activating group) is 1. The van der Waals surface area contributed by atoms with Gasteiger partial charge in [-0.25, -0.2) is 4.39 Å². The summed E-state index contributed by atoms with van der Waals surface area (Å²) >= 11 is 6.13. The monoisotopic (exact) mass is 295 g/mol. The highest BCUT2D eigenvalue weighted by atomic mass is 35.5. The summed E-state index contributed by atoms with van der Waals surface area (Å²) in [7, 11) is 0. The molecule has 1 aromatic carbocycles. The van der Waals surface area contributed by atoms with Crippen molar-refractivity contribution < 1.29 is 8.81 Å². The van der Waals surface area contributed by atoms with Crippen LogP contribution in [0.2, 0.25) is 5.02 Å². The average molecular weight is 296 g/mol. The first-order chi connectivity index (χ1) is 9.69. The molecule has 0 aliphatic carbocycles. The van der Waals surface area contributed by atoms with Gasteiger partial charge in [0.2, 0.25) is 0 Å². The van der Waals surface area contributed by atoms with Crippen LogP contribution in [0.25, 0.3) is 0 Å². The lowest BCUT2D eigenvalue weighted by molar-refractivity contribution is 0.447. The second-order valence-electron chi connectivity index (χ2n) is 4.81. The minimum Gasteiger partial charge on any atom is -0.469 e. The van der Waals surface area contributed by atoms with Crippen molar-refractivity contribution in [2.45, 2.75) is 32.2 Å². The van der Waals surface area contributed by atoms with Gasteiger partial charge in [-0.15, -0.1) is 0 Å². The Morgan fingerprint density at radius 2 is 2.20 bits per heavy atom. The fourth-order valence-electron chi connectivity index (χ4n) is 2.30. The largest absolute Gasteiger partial charge is 0.469 e. The average Bonchev–Trinajstić information content (AvgIpc) is 2.93. The van der Waals surface area contributed by atoms with E-state index in [1.165, 1.54) is 12.1 Å². The van der Waals surface area contributed by atoms with Crippen LogP contribution in [0, 0.1) is 5.82 Å². The van der Waals surface area contributed by atoms with E-state index in [1.54, 1.807) is 12.3 Å². The predicted octanol–water partition coefficient (Wildman–Crippen LogP) is 4.23. The zero-order valence-corrected chi connectivity index (χ0v) is 12.3. The summed E-state index contributed by atoms with van der Waals surface area (Å²) in [5, 5.41) is 4.04. The topological polar surface area (TPSA) is 25.2 Å². The van der Waals surface area contributed by atoms with Crippen LogP contribution in [0.3, 0.4) is 0 Å². The number of nitrogens with one attached hydrogen (secondary N) is 1. The Kier molecular flexibility index (Phi) is 5.62. The quantitative estimate of drug-likeness (QED) is 0.827. The minimum atomic E-state index is -0.245. The summed E-state index contributed by atoms with van der Waals surface area (Å²) < 4.78 is 18.6. The molecule has 2 rings (SSSR count). The molecule has 0 saturated carbocycles. The van der Waals surface area contributed by atoms with E-state index in [0.29, 0.717) is 11.4 Å². The van der Waals surface area contributed by atoms with Gasteiger partial charge in [-0.2, -0.15) is 0 Å². The Bertz CT molecular complexity index is 527. The van der Waals surface area contributed by atoms with Crippen LogP contribution in [0.15, 0.2) is 41.0 Å². The molecule has 0 saturated heterocycles. The maximum atomic E-state index is 13.3. The smallest absolute Gasteiger partial charge is 0.123 e. The molecule has 1 atom stereocenters. The fraction of sp³-hybridized carbons (Fsp3) is 0.375. The van der Waals surface area contributed by atoms with Crippen molar-refractivity contribution in [2.24, 2.45) is 0 Å². The van der Waals surface area contributed by atoms with Crippen molar-refractivity contribution in [1.29, 1.82) is 0 Å². The van der Waals surface area contributed by atoms with Crippen molar-refractivity contribution in [3.05, 3.63) is 58.8 Å². The van der Waals surface area contributed by atoms with E-state index < -0.39 is 0 Å². The van der Waals surface area contributed by atoms with E-state index in [1.807, 2.05) is 12.1 Å². The van der Waals surface area contributed by atoms with Gasteiger partial charge < -0.3 is 9.73 Å². The van der Waals surface area contributed by atoms with Crippen molar-refractivity contribution in [2.75, 3.05) is 6.54 Å². The van der Waals surface area contributed by atoms with E-state index in [4.69, 9.17) is 16.0 Å². The first kappa shape index (κ1) is 15.1. The van der Waals surface area contributed by atoms with Crippen molar-refractivity contribution in [1.82, 2.24) is 5.32 Å². The molecule has 0 spiro atoms. The fourth-order valence-corrected chi connectivity index (χ4v) is 2.50. The third kappa shape index (κ3) is 4.36. The summed E-state index contributed by atoms with van der Waals surface area (Å²) in [5.41, 5.74) is 0.845. The molecular weight excluding hydrogens is 277 g/mol. The van der Waals surface area contributed by atoms with Gasteiger partial charge in [-0.05, 0) is 55.3 Å². The van der Waals surface area contributed by atoms with Crippen molar-refractivity contribution in [3.63, 3.8) is 0 Å². The molecule has 1 N–H and O–H groups in total. The van der Waals surface area contributed by atoms with E-state index in [9.17, 15) is 4.39 Å². The molecule has 1 aromatic heterocycles. The molecule has 2 nitrogen and oxygen atoms in total. The molecule has 0 bridgehead atoms. The summed E-state index contributed by atoms with van der Waals surface area (Å²) in [6.45, 7) is 2.93. The normalized spacial score (nSPS) is 12.6. The third-order valence-electron chi connectivity index (χ3n) is 3.29. The summed E-state index contributed by atoms with van der Waals surface area (Å²) in [4.78, 5) is 0. The molecule has 1 heterocycles. The lowest BCUT2D eigenvalue weighted by Gasteiger charge is -2.18. The van der Waals surface area contributed by atoms with Crippen LogP contribution in [0.4, 0.5) is 4.39 Å². The van der Waals surface area contributed by atoms with Crippen LogP contribution >= 0.6 is 11.6 Å². The van der Waals surface area contributed by atoms with Crippen molar-refractivity contribution >= 4 is 11.6 Å². The molecule has 0 amide bonds. The number of halogens is 2. The molecule has 0 fully saturated rings. The lowest BCUT2D eigenvalue weighted by Crippen LogP contribution is -2.31. The van der Waals surface area contributed by atoms with Gasteiger partial charge in [0, 0.05) is 17.5 Å². The van der Waals surface area contributed by atoms with Gasteiger partial charge in [-0.1, -0.05) is 18.5 Å². The van der Waals surface area contributed by atoms with Crippen molar-refractivity contribution in [3.8, 4) is 0 Å². The Morgan fingerprint density at radius 1 is 1.35 bits per heavy atom. The third-order valence-corrected chi connectivity index (χ3v) is 3.65. The zero-order chi connectivity index (χ0) is 14.4. The molecule has 0 aliphatic rings. The molecule has 0 radical (unpaired) electrons. The first-order valence-electron chi connectivity index (χ1n) is 6.88. The van der Waals surface area contributed by atoms with Gasteiger partial charge in [0.15, 0.2) is 0 Å². The number of hydrogen-bond acceptors (Lipinski definition) is 2. The number of benzene rings is 1. The number of furan rings is 1. The van der Waals surface area contributed by atoms with Crippen LogP contribution in [0.5, 0.6) is 0 Å². The van der Waals surface area contributed by atoms with Gasteiger partial charge in [0.1, 0.15) is 11.6 Å². The molecule has 20 heavy (non-hydrogen) atoms. The van der Waals surface area contributed by atoms with E-state index >= 15 is 0 Å². The maximum Gasteiger partial charge on any atom is 0.123 e. The Morgan fingerprint density at radius 3 is 2.90 bits per heavy atom. The number of aryl methyl sites for hydroxylation is 1. The molecule has 0 aliphatic heterocycles. The van der Waals surface area contributed by atoms with Gasteiger partial charge >= 0.3 is 0 Å². The summed E-state index contributed by atoms with van der Waals surface area (Å²) in [5.74, 6) is 0.726. The highest BCUT2D eigenvalue weighted by molar-refractivity contribution is 6.31. The second-order valence-corrected chi connectivity index (χ2v) is 5.22. The summed E-state index contributed by atoms with van der Waals surface area (Å²) in [6, 6.07) is 8.63. The van der Waals surface area contributed by atoms with E-state index in [-0.39, 0.29) is 11.9 Å². The lowest BCUT2D eigenvalue weighted by atomic mass is 10.0. The van der Waals surface area contributed by atoms with E-state index in [0.717, 1.165) is 30.7 Å². The first-order valence-corrected chi connectivity index (χ1v) is 7.26. The Labute approximate surface area is 123 Å². The van der Waals surface area contributed by atoms with Gasteiger partial charge in [-0.3, -0.25) is 0 Å². The van der Waals surface area contributed by atoms with Crippen LogP contribution in [0.1, 0.15) is 24.7 Å². The number of rotatable bonds is 7. The molecule has 108 valence electrons. The molecular formula is C16H19ClFNO. The zero-order valence-electron chi connectivity index (χ0n) is 11.5. The highest BCUT2D eigenvalue weighted by Gasteiger charge is 2.12. The second kappa shape index (κ2) is 7.46. The Hall–Kier alpha value is -1.32. The standard InChI is InChI=1S/C16H19ClFNO/c1-2-19-14(6-7-15-4-3-9-20-15)11-12-10-13(18)5-8-16(12)17/h3-5,8-10,14,19H,2,6-7,11H2,1H3. The molecule has 2 aromatic rings. The maximum absolute atomic E-state index is 13.3. The summed E-state index contributed by atoms with van der Waals surface area (Å²) in [6.07, 6.45) is 4.18. The SMILES string of the molecule is CCNC(CCc1ccco1)Cc1cc(F)ccc1Cl. The van der Waals surface area contributed by atoms with Crippen LogP contribution in [-0.4, -0.2) is 12.6 Å². The minimum absolute atomic E-state index is 0.245. The molecule has 1 unspecified atom stereocenters. The number of hydrogen-bond donors (Lipinski definition) is 1. The van der Waals surface area contributed by atoms with Crippen LogP contribution < -0.4 is 5.32 Å². The highest BCUT2D eigenvalue weighted by Crippen LogP contribution is 2.20. The van der Waals surface area contributed by atoms with E-state index in [2.05, 4.69) is 12.2 Å². The predicted molar refractivity (Wildman–Crippen MR) is 79.6 cm³/mol. The molecule has 4 heteroatoms. The van der Waals surface area contributed by atoms with Gasteiger partial charge in [0.25, 0.3) is 0 Å². The van der Waals surface area contributed by atoms with Crippen LogP contribution in [-0.2, 0) is 12.8 Å².